The zero-order chi connectivity index (χ0) is 27.0. The predicted molar refractivity (Wildman–Crippen MR) is 158 cm³/mol. The molecule has 1 aliphatic carbocycles. The summed E-state index contributed by atoms with van der Waals surface area (Å²) in [4.78, 5) is 0. The van der Waals surface area contributed by atoms with Crippen LogP contribution >= 0.6 is 20.2 Å². The molecule has 0 bridgehead atoms. The molecule has 1 saturated carbocycles. The van der Waals surface area contributed by atoms with Gasteiger partial charge in [-0.05, 0) is 71.0 Å². The molecular formula is C26H58Cl5MnN8-3. The normalized spacial score (nSPS) is 26.2. The van der Waals surface area contributed by atoms with Gasteiger partial charge in [0.1, 0.15) is 0 Å². The van der Waals surface area contributed by atoms with Gasteiger partial charge in [-0.25, -0.2) is 0 Å². The first-order valence-electron chi connectivity index (χ1n) is 14.8. The molecule has 8 nitrogen and oxygen atoms in total. The molecule has 1 heterocycles. The Bertz CT molecular complexity index is 508. The van der Waals surface area contributed by atoms with Crippen molar-refractivity contribution in [3.05, 3.63) is 0 Å². The van der Waals surface area contributed by atoms with Gasteiger partial charge in [0.25, 0.3) is 0 Å². The first kappa shape index (κ1) is 46.1. The van der Waals surface area contributed by atoms with Crippen molar-refractivity contribution in [2.75, 3.05) is 52.4 Å². The summed E-state index contributed by atoms with van der Waals surface area (Å²) < 4.78 is 0. The molecule has 0 radical (unpaired) electrons. The van der Waals surface area contributed by atoms with Crippen LogP contribution in [0.1, 0.15) is 83.5 Å². The van der Waals surface area contributed by atoms with Gasteiger partial charge in [0.2, 0.25) is 0 Å². The van der Waals surface area contributed by atoms with Gasteiger partial charge in [-0.2, -0.15) is 0 Å². The molecule has 247 valence electrons. The summed E-state index contributed by atoms with van der Waals surface area (Å²) in [6.45, 7) is 7.49. The number of rotatable bonds is 12. The molecule has 14 heteroatoms. The Labute approximate surface area is 278 Å². The van der Waals surface area contributed by atoms with Crippen LogP contribution in [0.25, 0.3) is 0 Å². The van der Waals surface area contributed by atoms with Crippen molar-refractivity contribution in [2.24, 2.45) is 17.2 Å². The van der Waals surface area contributed by atoms with Crippen LogP contribution in [0.2, 0.25) is 0 Å². The summed E-state index contributed by atoms with van der Waals surface area (Å²) >= 11 is 0.00694. The molecule has 0 aromatic rings. The number of unbranched alkanes of at least 4 members (excludes halogenated alkanes) is 3. The third-order valence-electron chi connectivity index (χ3n) is 7.68. The Morgan fingerprint density at radius 3 is 1.30 bits per heavy atom. The number of halogens is 5. The van der Waals surface area contributed by atoms with Crippen molar-refractivity contribution in [2.45, 2.75) is 114 Å². The molecule has 5 atom stereocenters. The van der Waals surface area contributed by atoms with E-state index in [0.717, 1.165) is 71.6 Å². The van der Waals surface area contributed by atoms with Crippen LogP contribution in [0.3, 0.4) is 0 Å². The fourth-order valence-electron chi connectivity index (χ4n) is 5.50. The fraction of sp³-hybridized carbons (Fsp3) is 1.00. The summed E-state index contributed by atoms with van der Waals surface area (Å²) in [6, 6.07) is 2.64. The van der Waals surface area contributed by atoms with E-state index < -0.39 is 0 Å². The summed E-state index contributed by atoms with van der Waals surface area (Å²) in [5.41, 5.74) is 17.3. The van der Waals surface area contributed by atoms with E-state index in [2.05, 4.69) is 26.6 Å². The van der Waals surface area contributed by atoms with Crippen molar-refractivity contribution in [1.82, 2.24) is 26.6 Å². The molecule has 40 heavy (non-hydrogen) atoms. The van der Waals surface area contributed by atoms with E-state index in [0.29, 0.717) is 30.2 Å². The van der Waals surface area contributed by atoms with Gasteiger partial charge in [0, 0.05) is 62.9 Å². The summed E-state index contributed by atoms with van der Waals surface area (Å²) in [5, 5.41) is 19.5. The molecular weight excluding hydrogens is 657 g/mol. The van der Waals surface area contributed by atoms with E-state index >= 15 is 0 Å². The van der Waals surface area contributed by atoms with Crippen LogP contribution < -0.4 is 81.0 Å². The van der Waals surface area contributed by atoms with Gasteiger partial charge in [0.05, 0.1) is 0 Å². The van der Waals surface area contributed by atoms with Gasteiger partial charge in [-0.15, -0.1) is 0 Å². The topological polar surface area (TPSA) is 138 Å². The van der Waals surface area contributed by atoms with Crippen LogP contribution in [0, 0.1) is 0 Å². The summed E-state index contributed by atoms with van der Waals surface area (Å²) in [6.07, 6.45) is 15.7. The molecule has 0 aromatic heterocycles. The summed E-state index contributed by atoms with van der Waals surface area (Å²) in [7, 11) is 9.59. The third kappa shape index (κ3) is 24.0. The number of nitrogens with two attached hydrogens (primary N) is 3. The van der Waals surface area contributed by atoms with Crippen LogP contribution in [-0.4, -0.2) is 82.6 Å². The second-order valence-electron chi connectivity index (χ2n) is 10.6. The van der Waals surface area contributed by atoms with Gasteiger partial charge < -0.3 is 81.0 Å². The molecule has 2 unspecified atom stereocenters. The maximum absolute atomic E-state index is 5.79. The van der Waals surface area contributed by atoms with Gasteiger partial charge in [-0.3, -0.25) is 0 Å². The van der Waals surface area contributed by atoms with Crippen LogP contribution in [-0.2, 0) is 13.1 Å². The minimum absolute atomic E-state index is 0. The van der Waals surface area contributed by atoms with Crippen molar-refractivity contribution >= 4 is 20.2 Å². The second-order valence-corrected chi connectivity index (χ2v) is 12.6. The van der Waals surface area contributed by atoms with E-state index in [1.807, 2.05) is 0 Å². The van der Waals surface area contributed by atoms with Gasteiger partial charge in [0.15, 0.2) is 0 Å². The first-order valence-corrected chi connectivity index (χ1v) is 18.1. The van der Waals surface area contributed by atoms with Gasteiger partial charge in [-0.1, -0.05) is 32.1 Å². The molecule has 2 aliphatic rings. The number of hydrogen-bond donors (Lipinski definition) is 8. The predicted octanol–water partition coefficient (Wildman–Crippen LogP) is -6.86. The Kier molecular flexibility index (Phi) is 38.6. The van der Waals surface area contributed by atoms with Crippen molar-refractivity contribution in [3.8, 4) is 0 Å². The quantitative estimate of drug-likeness (QED) is 0.0739. The fourth-order valence-corrected chi connectivity index (χ4v) is 5.50. The zero-order valence-corrected chi connectivity index (χ0v) is 29.2. The van der Waals surface area contributed by atoms with E-state index in [1.54, 1.807) is 0 Å². The molecule has 0 aromatic carbocycles. The third-order valence-corrected chi connectivity index (χ3v) is 7.68. The Morgan fingerprint density at radius 2 is 0.875 bits per heavy atom. The molecule has 2 fully saturated rings. The van der Waals surface area contributed by atoms with Crippen molar-refractivity contribution < 1.29 is 50.4 Å². The number of nitrogens with one attached hydrogen (secondary N) is 5. The number of fused-ring (bicyclic) bond motifs is 1. The average molecular weight is 715 g/mol. The minimum atomic E-state index is 0. The van der Waals surface area contributed by atoms with E-state index in [4.69, 9.17) is 37.4 Å². The zero-order valence-electron chi connectivity index (χ0n) is 24.2. The molecule has 11 N–H and O–H groups in total. The van der Waals surface area contributed by atoms with Gasteiger partial charge >= 0.3 is 33.3 Å². The summed E-state index contributed by atoms with van der Waals surface area (Å²) in [5.74, 6) is 0. The molecule has 1 saturated heterocycles. The van der Waals surface area contributed by atoms with Crippen LogP contribution in [0.4, 0.5) is 0 Å². The van der Waals surface area contributed by atoms with E-state index in [-0.39, 0.29) is 50.4 Å². The van der Waals surface area contributed by atoms with Crippen LogP contribution in [0.15, 0.2) is 0 Å². The Morgan fingerprint density at radius 1 is 0.525 bits per heavy atom. The molecule has 1 aliphatic heterocycles. The van der Waals surface area contributed by atoms with Crippen LogP contribution in [0.5, 0.6) is 0 Å². The first-order chi connectivity index (χ1) is 18.2. The number of hydrogen-bond acceptors (Lipinski definition) is 8. The molecule has 2 rings (SSSR count). The monoisotopic (exact) mass is 712 g/mol. The van der Waals surface area contributed by atoms with Crippen molar-refractivity contribution in [1.29, 1.82) is 0 Å². The van der Waals surface area contributed by atoms with E-state index in [9.17, 15) is 0 Å². The molecule has 0 amide bonds. The second kappa shape index (κ2) is 33.5. The van der Waals surface area contributed by atoms with E-state index in [1.165, 1.54) is 64.2 Å². The standard InChI is InChI=1S/C26H58N8.5ClH.Mn/c27-14-6-3-9-22-19-32-23(10-4-7-15-28)20-33-24(11-5-8-16-29)21-34-26-13-2-1-12-25(26)31-18-17-30-22;;;;;;/h22-26,30-34H,1-21,27-29H2;5*1H;/q;;;;;;+2/p-5/t22-,23+,24-,25?,26?;;;;;;/m0....../s1. The average Bonchev–Trinajstić information content (AvgIpc) is 2.91. The Hall–Kier alpha value is 1.65. The van der Waals surface area contributed by atoms with Crippen molar-refractivity contribution in [3.63, 3.8) is 0 Å². The Balaban J connectivity index is -0.00000218. The SMILES string of the molecule is NCCCC[C@@H]1CN[C@@H](CCCCN)CNC2CCCCC2NCCN[C@@H](CCCCN)CN1.[Cl-].[Cl-].[Cl-].[Cl][Mn][Cl]. The molecule has 0 spiro atoms. The maximum atomic E-state index is 5.79.